The van der Waals surface area contributed by atoms with E-state index >= 15 is 0 Å². The number of hydrogen-bond donors (Lipinski definition) is 1. The van der Waals surface area contributed by atoms with Gasteiger partial charge in [0, 0.05) is 29.8 Å². The van der Waals surface area contributed by atoms with Crippen LogP contribution in [-0.2, 0) is 11.2 Å². The van der Waals surface area contributed by atoms with Gasteiger partial charge in [-0.3, -0.25) is 25.0 Å². The Morgan fingerprint density at radius 1 is 1.07 bits per heavy atom. The fourth-order valence-electron chi connectivity index (χ4n) is 2.42. The number of hydrogen-bond acceptors (Lipinski definition) is 8. The van der Waals surface area contributed by atoms with Crippen LogP contribution < -0.4 is 5.32 Å². The molecule has 142 valence electrons. The summed E-state index contributed by atoms with van der Waals surface area (Å²) >= 11 is 1.20. The van der Waals surface area contributed by atoms with Crippen LogP contribution in [0, 0.1) is 20.2 Å². The minimum absolute atomic E-state index is 0.00925. The van der Waals surface area contributed by atoms with E-state index in [0.29, 0.717) is 17.2 Å². The molecule has 0 saturated carbocycles. The van der Waals surface area contributed by atoms with Gasteiger partial charge in [0.1, 0.15) is 0 Å². The number of amidine groups is 1. The zero-order chi connectivity index (χ0) is 20.1. The highest BCUT2D eigenvalue weighted by Gasteiger charge is 2.30. The predicted octanol–water partition coefficient (Wildman–Crippen LogP) is 2.67. The zero-order valence-corrected chi connectivity index (χ0v) is 15.0. The first-order valence-corrected chi connectivity index (χ1v) is 8.86. The maximum absolute atomic E-state index is 12.1. The van der Waals surface area contributed by atoms with Crippen molar-refractivity contribution >= 4 is 40.4 Å². The van der Waals surface area contributed by atoms with E-state index < -0.39 is 15.1 Å². The van der Waals surface area contributed by atoms with Crippen molar-refractivity contribution in [2.24, 2.45) is 10.2 Å². The number of amides is 1. The fourth-order valence-corrected chi connectivity index (χ4v) is 3.39. The second-order valence-electron chi connectivity index (χ2n) is 5.73. The van der Waals surface area contributed by atoms with Crippen LogP contribution in [0.15, 0.2) is 58.7 Å². The Kier molecular flexibility index (Phi) is 5.75. The predicted molar refractivity (Wildman–Crippen MR) is 104 cm³/mol. The molecule has 1 aliphatic heterocycles. The lowest BCUT2D eigenvalue weighted by atomic mass is 10.1. The van der Waals surface area contributed by atoms with Crippen molar-refractivity contribution in [1.29, 1.82) is 0 Å². The molecule has 0 radical (unpaired) electrons. The second kappa shape index (κ2) is 8.39. The van der Waals surface area contributed by atoms with Gasteiger partial charge in [-0.2, -0.15) is 5.10 Å². The van der Waals surface area contributed by atoms with Crippen molar-refractivity contribution in [2.75, 3.05) is 0 Å². The molecular formula is C17H13N5O5S. The Labute approximate surface area is 162 Å². The van der Waals surface area contributed by atoms with E-state index in [-0.39, 0.29) is 17.3 Å². The SMILES string of the molecule is O=C1N/C(=N/N=C/c2cccc([N+](=O)[O-])c2)SC1Cc1ccc([N+](=O)[O-])cc1. The first kappa shape index (κ1) is 19.2. The standard InChI is InChI=1S/C17H13N5O5S/c23-16-15(9-11-4-6-13(7-5-11)21(24)25)28-17(19-16)20-18-10-12-2-1-3-14(8-12)22(26)27/h1-8,10,15H,9H2,(H,19,20,23)/b18-10+. The van der Waals surface area contributed by atoms with Crippen LogP contribution in [0.4, 0.5) is 11.4 Å². The van der Waals surface area contributed by atoms with Crippen molar-refractivity contribution in [2.45, 2.75) is 11.7 Å². The van der Waals surface area contributed by atoms with Crippen molar-refractivity contribution in [3.63, 3.8) is 0 Å². The molecule has 1 N–H and O–H groups in total. The number of nitro groups is 2. The average molecular weight is 399 g/mol. The van der Waals surface area contributed by atoms with E-state index in [4.69, 9.17) is 0 Å². The molecule has 0 aliphatic carbocycles. The summed E-state index contributed by atoms with van der Waals surface area (Å²) in [5.74, 6) is -0.229. The molecule has 1 fully saturated rings. The number of carbonyl (C=O) groups is 1. The quantitative estimate of drug-likeness (QED) is 0.450. The van der Waals surface area contributed by atoms with Gasteiger partial charge in [-0.15, -0.1) is 5.10 Å². The lowest BCUT2D eigenvalue weighted by Crippen LogP contribution is -2.25. The summed E-state index contributed by atoms with van der Waals surface area (Å²) in [6.07, 6.45) is 1.75. The average Bonchev–Trinajstić information content (AvgIpc) is 3.01. The molecule has 2 aromatic rings. The van der Waals surface area contributed by atoms with Crippen LogP contribution in [0.25, 0.3) is 0 Å². The van der Waals surface area contributed by atoms with Crippen LogP contribution >= 0.6 is 11.8 Å². The second-order valence-corrected chi connectivity index (χ2v) is 6.92. The van der Waals surface area contributed by atoms with Crippen LogP contribution in [0.5, 0.6) is 0 Å². The van der Waals surface area contributed by atoms with Gasteiger partial charge in [-0.1, -0.05) is 36.0 Å². The third-order valence-electron chi connectivity index (χ3n) is 3.78. The first-order chi connectivity index (χ1) is 13.4. The Hall–Kier alpha value is -3.60. The zero-order valence-electron chi connectivity index (χ0n) is 14.2. The molecule has 0 spiro atoms. The van der Waals surface area contributed by atoms with E-state index in [1.807, 2.05) is 0 Å². The number of rotatable bonds is 6. The minimum Gasteiger partial charge on any atom is -0.303 e. The smallest absolute Gasteiger partial charge is 0.270 e. The van der Waals surface area contributed by atoms with Crippen molar-refractivity contribution in [1.82, 2.24) is 5.32 Å². The molecule has 1 amide bonds. The number of non-ortho nitro benzene ring substituents is 2. The summed E-state index contributed by atoms with van der Waals surface area (Å²) in [6, 6.07) is 11.9. The van der Waals surface area contributed by atoms with E-state index in [9.17, 15) is 25.0 Å². The topological polar surface area (TPSA) is 140 Å². The van der Waals surface area contributed by atoms with E-state index in [1.165, 1.54) is 42.2 Å². The fraction of sp³-hybridized carbons (Fsp3) is 0.118. The molecule has 0 aromatic heterocycles. The number of carbonyl (C=O) groups excluding carboxylic acids is 1. The van der Waals surface area contributed by atoms with Crippen molar-refractivity contribution in [3.05, 3.63) is 79.9 Å². The number of nitrogens with one attached hydrogen (secondary N) is 1. The normalized spacial score (nSPS) is 17.8. The molecule has 10 nitrogen and oxygen atoms in total. The highest BCUT2D eigenvalue weighted by molar-refractivity contribution is 8.15. The molecule has 1 saturated heterocycles. The molecule has 2 aromatic carbocycles. The van der Waals surface area contributed by atoms with Crippen LogP contribution in [0.2, 0.25) is 0 Å². The molecule has 28 heavy (non-hydrogen) atoms. The van der Waals surface area contributed by atoms with Crippen LogP contribution in [-0.4, -0.2) is 32.4 Å². The molecule has 1 aliphatic rings. The third-order valence-corrected chi connectivity index (χ3v) is 4.85. The number of thioether (sulfide) groups is 1. The van der Waals surface area contributed by atoms with Crippen LogP contribution in [0.3, 0.4) is 0 Å². The van der Waals surface area contributed by atoms with Gasteiger partial charge in [0.15, 0.2) is 5.17 Å². The summed E-state index contributed by atoms with van der Waals surface area (Å²) in [7, 11) is 0. The highest BCUT2D eigenvalue weighted by atomic mass is 32.2. The maximum Gasteiger partial charge on any atom is 0.270 e. The molecule has 1 unspecified atom stereocenters. The highest BCUT2D eigenvalue weighted by Crippen LogP contribution is 2.24. The number of nitro benzene ring substituents is 2. The Morgan fingerprint density at radius 2 is 1.79 bits per heavy atom. The Morgan fingerprint density at radius 3 is 2.46 bits per heavy atom. The van der Waals surface area contributed by atoms with Gasteiger partial charge in [0.2, 0.25) is 5.91 Å². The maximum atomic E-state index is 12.1. The van der Waals surface area contributed by atoms with Crippen LogP contribution in [0.1, 0.15) is 11.1 Å². The Bertz CT molecular complexity index is 990. The van der Waals surface area contributed by atoms with Gasteiger partial charge in [0.05, 0.1) is 21.3 Å². The molecule has 3 rings (SSSR count). The van der Waals surface area contributed by atoms with Gasteiger partial charge < -0.3 is 5.32 Å². The lowest BCUT2D eigenvalue weighted by molar-refractivity contribution is -0.385. The summed E-state index contributed by atoms with van der Waals surface area (Å²) in [5.41, 5.74) is 1.24. The Balaban J connectivity index is 1.62. The summed E-state index contributed by atoms with van der Waals surface area (Å²) in [4.78, 5) is 32.5. The van der Waals surface area contributed by atoms with Gasteiger partial charge in [-0.05, 0) is 12.0 Å². The van der Waals surface area contributed by atoms with Gasteiger partial charge >= 0.3 is 0 Å². The van der Waals surface area contributed by atoms with Crippen molar-refractivity contribution in [3.8, 4) is 0 Å². The molecule has 1 heterocycles. The number of benzene rings is 2. The third kappa shape index (κ3) is 4.76. The van der Waals surface area contributed by atoms with E-state index in [2.05, 4.69) is 15.5 Å². The molecule has 11 heteroatoms. The summed E-state index contributed by atoms with van der Waals surface area (Å²) in [5, 5.41) is 31.7. The first-order valence-electron chi connectivity index (χ1n) is 7.99. The molecule has 0 bridgehead atoms. The van der Waals surface area contributed by atoms with Gasteiger partial charge in [0.25, 0.3) is 11.4 Å². The largest absolute Gasteiger partial charge is 0.303 e. The number of nitrogens with zero attached hydrogens (tertiary/aromatic N) is 4. The van der Waals surface area contributed by atoms with E-state index in [0.717, 1.165) is 5.56 Å². The minimum atomic E-state index is -0.501. The van der Waals surface area contributed by atoms with Crippen molar-refractivity contribution < 1.29 is 14.6 Å². The van der Waals surface area contributed by atoms with Gasteiger partial charge in [-0.25, -0.2) is 0 Å². The van der Waals surface area contributed by atoms with E-state index in [1.54, 1.807) is 24.3 Å². The summed E-state index contributed by atoms with van der Waals surface area (Å²) in [6.45, 7) is 0. The molecular weight excluding hydrogens is 386 g/mol. The monoisotopic (exact) mass is 399 g/mol. The summed E-state index contributed by atoms with van der Waals surface area (Å²) < 4.78 is 0. The lowest BCUT2D eigenvalue weighted by Gasteiger charge is -2.04. The molecule has 1 atom stereocenters.